The lowest BCUT2D eigenvalue weighted by atomic mass is 9.96. The van der Waals surface area contributed by atoms with Crippen molar-refractivity contribution in [2.75, 3.05) is 26.7 Å². The van der Waals surface area contributed by atoms with E-state index in [-0.39, 0.29) is 6.10 Å². The van der Waals surface area contributed by atoms with Crippen molar-refractivity contribution in [2.24, 2.45) is 0 Å². The van der Waals surface area contributed by atoms with Gasteiger partial charge in [-0.25, -0.2) is 0 Å². The molecule has 2 saturated heterocycles. The average Bonchev–Trinajstić information content (AvgIpc) is 2.56. The van der Waals surface area contributed by atoms with Crippen molar-refractivity contribution < 1.29 is 9.47 Å². The molecule has 0 bridgehead atoms. The summed E-state index contributed by atoms with van der Waals surface area (Å²) in [6, 6.07) is 6.66. The van der Waals surface area contributed by atoms with Crippen LogP contribution in [0.2, 0.25) is 0 Å². The summed E-state index contributed by atoms with van der Waals surface area (Å²) in [4.78, 5) is 0. The topological polar surface area (TPSA) is 42.5 Å². The molecule has 116 valence electrons. The van der Waals surface area contributed by atoms with Crippen LogP contribution in [0.4, 0.5) is 0 Å². The number of piperidine rings is 2. The maximum Gasteiger partial charge on any atom is 0.165 e. The maximum absolute atomic E-state index is 6.19. The Kier molecular flexibility index (Phi) is 4.99. The SMILES string of the molecule is COc1c(OC2CCCNC2)cccc1C1CCCCN1. The zero-order chi connectivity index (χ0) is 14.5. The Labute approximate surface area is 127 Å². The van der Waals surface area contributed by atoms with Crippen LogP contribution in [0.1, 0.15) is 43.7 Å². The van der Waals surface area contributed by atoms with Crippen LogP contribution < -0.4 is 20.1 Å². The van der Waals surface area contributed by atoms with E-state index in [1.165, 1.54) is 31.2 Å². The monoisotopic (exact) mass is 290 g/mol. The van der Waals surface area contributed by atoms with Crippen molar-refractivity contribution >= 4 is 0 Å². The summed E-state index contributed by atoms with van der Waals surface area (Å²) in [5.41, 5.74) is 1.23. The second-order valence-corrected chi connectivity index (χ2v) is 5.97. The smallest absolute Gasteiger partial charge is 0.165 e. The van der Waals surface area contributed by atoms with E-state index in [4.69, 9.17) is 9.47 Å². The molecule has 0 aliphatic carbocycles. The van der Waals surface area contributed by atoms with Crippen LogP contribution in [0, 0.1) is 0 Å². The molecule has 2 atom stereocenters. The van der Waals surface area contributed by atoms with Gasteiger partial charge in [0.15, 0.2) is 11.5 Å². The van der Waals surface area contributed by atoms with E-state index in [0.29, 0.717) is 6.04 Å². The molecule has 2 fully saturated rings. The summed E-state index contributed by atoms with van der Waals surface area (Å²) in [6.45, 7) is 3.11. The van der Waals surface area contributed by atoms with Gasteiger partial charge in [-0.05, 0) is 44.8 Å². The Hall–Kier alpha value is -1.26. The van der Waals surface area contributed by atoms with Crippen LogP contribution in [0.5, 0.6) is 11.5 Å². The van der Waals surface area contributed by atoms with Crippen LogP contribution in [-0.4, -0.2) is 32.8 Å². The van der Waals surface area contributed by atoms with E-state index >= 15 is 0 Å². The molecule has 2 aliphatic rings. The lowest BCUT2D eigenvalue weighted by Crippen LogP contribution is -2.37. The lowest BCUT2D eigenvalue weighted by Gasteiger charge is -2.28. The van der Waals surface area contributed by atoms with Crippen LogP contribution in [-0.2, 0) is 0 Å². The molecular weight excluding hydrogens is 264 g/mol. The molecule has 0 saturated carbocycles. The first-order valence-electron chi connectivity index (χ1n) is 8.16. The highest BCUT2D eigenvalue weighted by atomic mass is 16.5. The number of benzene rings is 1. The summed E-state index contributed by atoms with van der Waals surface area (Å²) in [5.74, 6) is 1.79. The molecule has 3 rings (SSSR count). The predicted octanol–water partition coefficient (Wildman–Crippen LogP) is 2.64. The highest BCUT2D eigenvalue weighted by molar-refractivity contribution is 5.48. The lowest BCUT2D eigenvalue weighted by molar-refractivity contribution is 0.160. The van der Waals surface area contributed by atoms with Gasteiger partial charge >= 0.3 is 0 Å². The molecule has 4 heteroatoms. The van der Waals surface area contributed by atoms with E-state index in [1.807, 2.05) is 6.07 Å². The molecular formula is C17H26N2O2. The minimum absolute atomic E-state index is 0.252. The highest BCUT2D eigenvalue weighted by Crippen LogP contribution is 2.38. The van der Waals surface area contributed by atoms with E-state index < -0.39 is 0 Å². The third-order valence-electron chi connectivity index (χ3n) is 4.44. The Morgan fingerprint density at radius 1 is 1.10 bits per heavy atom. The van der Waals surface area contributed by atoms with Gasteiger partial charge in [0.2, 0.25) is 0 Å². The van der Waals surface area contributed by atoms with E-state index in [1.54, 1.807) is 7.11 Å². The largest absolute Gasteiger partial charge is 0.493 e. The van der Waals surface area contributed by atoms with Gasteiger partial charge in [-0.15, -0.1) is 0 Å². The van der Waals surface area contributed by atoms with Gasteiger partial charge in [0, 0.05) is 18.2 Å². The zero-order valence-electron chi connectivity index (χ0n) is 12.9. The van der Waals surface area contributed by atoms with Gasteiger partial charge in [0.05, 0.1) is 7.11 Å². The molecule has 2 aliphatic heterocycles. The van der Waals surface area contributed by atoms with Gasteiger partial charge in [-0.1, -0.05) is 18.6 Å². The molecule has 0 aromatic heterocycles. The van der Waals surface area contributed by atoms with E-state index in [2.05, 4.69) is 22.8 Å². The van der Waals surface area contributed by atoms with Crippen molar-refractivity contribution in [3.05, 3.63) is 23.8 Å². The predicted molar refractivity (Wildman–Crippen MR) is 84.1 cm³/mol. The number of nitrogens with one attached hydrogen (secondary N) is 2. The first kappa shape index (κ1) is 14.7. The fourth-order valence-corrected chi connectivity index (χ4v) is 3.34. The molecule has 2 heterocycles. The minimum Gasteiger partial charge on any atom is -0.493 e. The number of hydrogen-bond donors (Lipinski definition) is 2. The third-order valence-corrected chi connectivity index (χ3v) is 4.44. The van der Waals surface area contributed by atoms with Crippen LogP contribution >= 0.6 is 0 Å². The normalized spacial score (nSPS) is 26.3. The van der Waals surface area contributed by atoms with E-state index in [0.717, 1.165) is 37.6 Å². The van der Waals surface area contributed by atoms with Crippen LogP contribution in [0.3, 0.4) is 0 Å². The molecule has 0 amide bonds. The van der Waals surface area contributed by atoms with Gasteiger partial charge in [-0.2, -0.15) is 0 Å². The second-order valence-electron chi connectivity index (χ2n) is 5.97. The number of rotatable bonds is 4. The zero-order valence-corrected chi connectivity index (χ0v) is 12.9. The first-order valence-corrected chi connectivity index (χ1v) is 8.16. The minimum atomic E-state index is 0.252. The van der Waals surface area contributed by atoms with Crippen molar-refractivity contribution in [3.63, 3.8) is 0 Å². The quantitative estimate of drug-likeness (QED) is 0.894. The van der Waals surface area contributed by atoms with Gasteiger partial charge < -0.3 is 20.1 Å². The summed E-state index contributed by atoms with van der Waals surface area (Å²) >= 11 is 0. The van der Waals surface area contributed by atoms with Gasteiger partial charge in [0.1, 0.15) is 6.10 Å². The molecule has 21 heavy (non-hydrogen) atoms. The fraction of sp³-hybridized carbons (Fsp3) is 0.647. The first-order chi connectivity index (χ1) is 10.4. The number of para-hydroxylation sites is 1. The molecule has 0 radical (unpaired) electrons. The van der Waals surface area contributed by atoms with Crippen molar-refractivity contribution in [1.82, 2.24) is 10.6 Å². The molecule has 2 unspecified atom stereocenters. The number of hydrogen-bond acceptors (Lipinski definition) is 4. The molecule has 0 spiro atoms. The summed E-state index contributed by atoms with van der Waals surface area (Å²) in [5, 5.41) is 6.99. The summed E-state index contributed by atoms with van der Waals surface area (Å²) in [7, 11) is 1.74. The summed E-state index contributed by atoms with van der Waals surface area (Å²) < 4.78 is 11.9. The van der Waals surface area contributed by atoms with Crippen molar-refractivity contribution in [1.29, 1.82) is 0 Å². The van der Waals surface area contributed by atoms with Crippen molar-refractivity contribution in [3.8, 4) is 11.5 Å². The number of ether oxygens (including phenoxy) is 2. The van der Waals surface area contributed by atoms with Gasteiger partial charge in [-0.3, -0.25) is 0 Å². The Balaban J connectivity index is 1.79. The maximum atomic E-state index is 6.19. The molecule has 1 aromatic rings. The Morgan fingerprint density at radius 2 is 2.05 bits per heavy atom. The van der Waals surface area contributed by atoms with E-state index in [9.17, 15) is 0 Å². The fourth-order valence-electron chi connectivity index (χ4n) is 3.34. The second kappa shape index (κ2) is 7.14. The molecule has 1 aromatic carbocycles. The van der Waals surface area contributed by atoms with Gasteiger partial charge in [0.25, 0.3) is 0 Å². The van der Waals surface area contributed by atoms with Crippen LogP contribution in [0.25, 0.3) is 0 Å². The molecule has 2 N–H and O–H groups in total. The standard InChI is InChI=1S/C17H26N2O2/c1-20-17-14(15-8-2-3-11-19-15)7-4-9-16(17)21-13-6-5-10-18-12-13/h4,7,9,13,15,18-19H,2-3,5-6,8,10-12H2,1H3. The highest BCUT2D eigenvalue weighted by Gasteiger charge is 2.23. The third kappa shape index (κ3) is 3.50. The van der Waals surface area contributed by atoms with Crippen molar-refractivity contribution in [2.45, 2.75) is 44.2 Å². The molecule has 4 nitrogen and oxygen atoms in total. The Bertz CT molecular complexity index is 452. The number of methoxy groups -OCH3 is 1. The average molecular weight is 290 g/mol. The summed E-state index contributed by atoms with van der Waals surface area (Å²) in [6.07, 6.45) is 6.26. The van der Waals surface area contributed by atoms with Crippen LogP contribution in [0.15, 0.2) is 18.2 Å². The Morgan fingerprint density at radius 3 is 2.76 bits per heavy atom.